The summed E-state index contributed by atoms with van der Waals surface area (Å²) < 4.78 is 5.64. The minimum Gasteiger partial charge on any atom is -0.441 e. The molecule has 0 aliphatic carbocycles. The van der Waals surface area contributed by atoms with Gasteiger partial charge in [0, 0.05) is 23.9 Å². The van der Waals surface area contributed by atoms with Crippen LogP contribution in [0, 0.1) is 13.8 Å². The Bertz CT molecular complexity index is 962. The zero-order valence-electron chi connectivity index (χ0n) is 14.8. The molecule has 1 aromatic heterocycles. The topological polar surface area (TPSA) is 84.2 Å². The van der Waals surface area contributed by atoms with Gasteiger partial charge in [0.2, 0.25) is 11.8 Å². The van der Waals surface area contributed by atoms with E-state index in [1.165, 1.54) is 6.92 Å². The van der Waals surface area contributed by atoms with E-state index in [9.17, 15) is 9.59 Å². The number of carbonyl (C=O) groups is 2. The maximum atomic E-state index is 12.6. The molecule has 2 N–H and O–H groups in total. The molecule has 26 heavy (non-hydrogen) atoms. The van der Waals surface area contributed by atoms with Gasteiger partial charge in [-0.25, -0.2) is 4.98 Å². The Morgan fingerprint density at radius 1 is 1.00 bits per heavy atom. The van der Waals surface area contributed by atoms with Gasteiger partial charge in [-0.2, -0.15) is 0 Å². The van der Waals surface area contributed by atoms with E-state index >= 15 is 0 Å². The second kappa shape index (κ2) is 7.23. The molecule has 6 heteroatoms. The maximum absolute atomic E-state index is 12.6. The van der Waals surface area contributed by atoms with Crippen LogP contribution in [0.3, 0.4) is 0 Å². The molecule has 2 amide bonds. The first-order valence-corrected chi connectivity index (χ1v) is 8.16. The number of carbonyl (C=O) groups excluding carboxylic acids is 2. The first-order chi connectivity index (χ1) is 12.4. The average molecular weight is 349 g/mol. The molecule has 3 rings (SSSR count). The van der Waals surface area contributed by atoms with Crippen molar-refractivity contribution in [3.8, 4) is 11.5 Å². The summed E-state index contributed by atoms with van der Waals surface area (Å²) in [5.74, 6) is 0.302. The third-order valence-electron chi connectivity index (χ3n) is 3.84. The van der Waals surface area contributed by atoms with Crippen molar-refractivity contribution in [1.82, 2.24) is 4.98 Å². The standard InChI is InChI=1S/C20H19N3O3/c1-12-9-10-16(21-14(3)24)11-17(12)22-19(25)18-13(2)26-20(23-18)15-7-5-4-6-8-15/h4-11H,1-3H3,(H,21,24)(H,22,25). The quantitative estimate of drug-likeness (QED) is 0.740. The molecule has 0 bridgehead atoms. The Morgan fingerprint density at radius 2 is 1.73 bits per heavy atom. The SMILES string of the molecule is CC(=O)Nc1ccc(C)c(NC(=O)c2nc(-c3ccccc3)oc2C)c1. The van der Waals surface area contributed by atoms with Crippen molar-refractivity contribution in [3.05, 3.63) is 65.5 Å². The summed E-state index contributed by atoms with van der Waals surface area (Å²) in [4.78, 5) is 28.2. The van der Waals surface area contributed by atoms with Crippen LogP contribution in [0.5, 0.6) is 0 Å². The molecular weight excluding hydrogens is 330 g/mol. The molecule has 1 heterocycles. The van der Waals surface area contributed by atoms with Crippen LogP contribution in [0.4, 0.5) is 11.4 Å². The van der Waals surface area contributed by atoms with Crippen molar-refractivity contribution in [2.45, 2.75) is 20.8 Å². The molecule has 0 fully saturated rings. The van der Waals surface area contributed by atoms with Crippen LogP contribution in [0.25, 0.3) is 11.5 Å². The molecular formula is C20H19N3O3. The highest BCUT2D eigenvalue weighted by molar-refractivity contribution is 6.04. The number of nitrogens with one attached hydrogen (secondary N) is 2. The van der Waals surface area contributed by atoms with Crippen LogP contribution in [-0.2, 0) is 4.79 Å². The van der Waals surface area contributed by atoms with Crippen LogP contribution in [0.15, 0.2) is 52.9 Å². The van der Waals surface area contributed by atoms with Crippen LogP contribution in [-0.4, -0.2) is 16.8 Å². The normalized spacial score (nSPS) is 10.4. The van der Waals surface area contributed by atoms with Crippen LogP contribution in [0.1, 0.15) is 28.7 Å². The third kappa shape index (κ3) is 3.80. The number of anilines is 2. The van der Waals surface area contributed by atoms with Gasteiger partial charge in [0.05, 0.1) is 0 Å². The summed E-state index contributed by atoms with van der Waals surface area (Å²) in [5.41, 5.74) is 3.12. The van der Waals surface area contributed by atoms with Crippen molar-refractivity contribution in [2.24, 2.45) is 0 Å². The monoisotopic (exact) mass is 349 g/mol. The molecule has 3 aromatic rings. The summed E-state index contributed by atoms with van der Waals surface area (Å²) in [5, 5.41) is 5.53. The van der Waals surface area contributed by atoms with E-state index in [0.29, 0.717) is 23.0 Å². The van der Waals surface area contributed by atoms with Crippen LogP contribution in [0.2, 0.25) is 0 Å². The van der Waals surface area contributed by atoms with Crippen molar-refractivity contribution >= 4 is 23.2 Å². The fraction of sp³-hybridized carbons (Fsp3) is 0.150. The van der Waals surface area contributed by atoms with Crippen LogP contribution < -0.4 is 10.6 Å². The van der Waals surface area contributed by atoms with Crippen LogP contribution >= 0.6 is 0 Å². The average Bonchev–Trinajstić information content (AvgIpc) is 3.00. The molecule has 6 nitrogen and oxygen atoms in total. The Labute approximate surface area is 151 Å². The van der Waals surface area contributed by atoms with Gasteiger partial charge in [-0.3, -0.25) is 9.59 Å². The summed E-state index contributed by atoms with van der Waals surface area (Å²) in [6.45, 7) is 5.01. The lowest BCUT2D eigenvalue weighted by molar-refractivity contribution is -0.114. The number of nitrogens with zero attached hydrogens (tertiary/aromatic N) is 1. The molecule has 0 unspecified atom stereocenters. The number of benzene rings is 2. The summed E-state index contributed by atoms with van der Waals surface area (Å²) in [7, 11) is 0. The molecule has 132 valence electrons. The van der Waals surface area contributed by atoms with Gasteiger partial charge in [-0.1, -0.05) is 24.3 Å². The second-order valence-electron chi connectivity index (χ2n) is 5.95. The summed E-state index contributed by atoms with van der Waals surface area (Å²) in [6.07, 6.45) is 0. The molecule has 0 atom stereocenters. The third-order valence-corrected chi connectivity index (χ3v) is 3.84. The van der Waals surface area contributed by atoms with E-state index in [1.54, 1.807) is 19.1 Å². The van der Waals surface area contributed by atoms with Crippen molar-refractivity contribution in [3.63, 3.8) is 0 Å². The Balaban J connectivity index is 1.85. The van der Waals surface area contributed by atoms with Gasteiger partial charge in [0.15, 0.2) is 5.69 Å². The largest absolute Gasteiger partial charge is 0.441 e. The number of hydrogen-bond donors (Lipinski definition) is 2. The predicted molar refractivity (Wildman–Crippen MR) is 100 cm³/mol. The highest BCUT2D eigenvalue weighted by Gasteiger charge is 2.19. The molecule has 0 saturated carbocycles. The second-order valence-corrected chi connectivity index (χ2v) is 5.95. The zero-order chi connectivity index (χ0) is 18.7. The molecule has 2 aromatic carbocycles. The molecule has 0 saturated heterocycles. The van der Waals surface area contributed by atoms with E-state index in [2.05, 4.69) is 15.6 Å². The fourth-order valence-electron chi connectivity index (χ4n) is 2.53. The van der Waals surface area contributed by atoms with Gasteiger partial charge in [0.1, 0.15) is 5.76 Å². The Hall–Kier alpha value is -3.41. The molecule has 0 radical (unpaired) electrons. The smallest absolute Gasteiger partial charge is 0.277 e. The predicted octanol–water partition coefficient (Wildman–Crippen LogP) is 4.17. The first kappa shape index (κ1) is 17.4. The van der Waals surface area contributed by atoms with Gasteiger partial charge in [-0.05, 0) is 43.7 Å². The Kier molecular flexibility index (Phi) is 4.84. The fourth-order valence-corrected chi connectivity index (χ4v) is 2.53. The summed E-state index contributed by atoms with van der Waals surface area (Å²) in [6, 6.07) is 14.7. The maximum Gasteiger partial charge on any atom is 0.277 e. The first-order valence-electron chi connectivity index (χ1n) is 8.16. The lowest BCUT2D eigenvalue weighted by Crippen LogP contribution is -2.15. The molecule has 0 aliphatic heterocycles. The van der Waals surface area contributed by atoms with Crippen molar-refractivity contribution in [1.29, 1.82) is 0 Å². The van der Waals surface area contributed by atoms with Gasteiger partial charge in [-0.15, -0.1) is 0 Å². The molecule has 0 aliphatic rings. The van der Waals surface area contributed by atoms with E-state index < -0.39 is 0 Å². The minimum absolute atomic E-state index is 0.175. The van der Waals surface area contributed by atoms with Gasteiger partial charge in [0.25, 0.3) is 5.91 Å². The van der Waals surface area contributed by atoms with E-state index in [1.807, 2.05) is 43.3 Å². The van der Waals surface area contributed by atoms with E-state index in [4.69, 9.17) is 4.42 Å². The number of aromatic nitrogens is 1. The number of rotatable bonds is 4. The minimum atomic E-state index is -0.364. The van der Waals surface area contributed by atoms with Crippen molar-refractivity contribution in [2.75, 3.05) is 10.6 Å². The van der Waals surface area contributed by atoms with Gasteiger partial charge < -0.3 is 15.1 Å². The highest BCUT2D eigenvalue weighted by atomic mass is 16.4. The number of aryl methyl sites for hydroxylation is 2. The number of amides is 2. The lowest BCUT2D eigenvalue weighted by Gasteiger charge is -2.10. The lowest BCUT2D eigenvalue weighted by atomic mass is 10.1. The zero-order valence-corrected chi connectivity index (χ0v) is 14.8. The van der Waals surface area contributed by atoms with E-state index in [0.717, 1.165) is 11.1 Å². The molecule has 0 spiro atoms. The van der Waals surface area contributed by atoms with Crippen molar-refractivity contribution < 1.29 is 14.0 Å². The number of hydrogen-bond acceptors (Lipinski definition) is 4. The Morgan fingerprint density at radius 3 is 2.42 bits per heavy atom. The summed E-state index contributed by atoms with van der Waals surface area (Å²) >= 11 is 0. The number of oxazole rings is 1. The van der Waals surface area contributed by atoms with Gasteiger partial charge >= 0.3 is 0 Å². The van der Waals surface area contributed by atoms with E-state index in [-0.39, 0.29) is 17.5 Å². The highest BCUT2D eigenvalue weighted by Crippen LogP contribution is 2.24.